The molecule has 0 saturated carbocycles. The average Bonchev–Trinajstić information content (AvgIpc) is 3.44. The van der Waals surface area contributed by atoms with Crippen LogP contribution in [0.1, 0.15) is 19.4 Å². The van der Waals surface area contributed by atoms with Gasteiger partial charge in [-0.1, -0.05) is 6.07 Å². The highest BCUT2D eigenvalue weighted by molar-refractivity contribution is 6.01. The molecule has 190 valence electrons. The third kappa shape index (κ3) is 4.25. The number of hydrogen-bond acceptors (Lipinski definition) is 7. The van der Waals surface area contributed by atoms with Crippen LogP contribution in [0.2, 0.25) is 0 Å². The van der Waals surface area contributed by atoms with Crippen LogP contribution in [0.25, 0.3) is 28.0 Å². The molecule has 13 heteroatoms. The van der Waals surface area contributed by atoms with Crippen molar-refractivity contribution in [1.82, 2.24) is 24.4 Å². The van der Waals surface area contributed by atoms with Crippen LogP contribution in [0.4, 0.5) is 24.7 Å². The fraction of sp³-hybridized carbons (Fsp3) is 0.292. The predicted octanol–water partition coefficient (Wildman–Crippen LogP) is 3.42. The molecule has 1 amide bonds. The molecule has 4 aromatic rings. The Bertz CT molecular complexity index is 1560. The Labute approximate surface area is 208 Å². The van der Waals surface area contributed by atoms with Gasteiger partial charge in [0.25, 0.3) is 5.91 Å². The zero-order valence-corrected chi connectivity index (χ0v) is 19.8. The number of carbonyl (C=O) groups excluding carboxylic acids is 1. The average molecular weight is 510 g/mol. The molecule has 4 heterocycles. The van der Waals surface area contributed by atoms with Crippen molar-refractivity contribution in [1.29, 1.82) is 5.26 Å². The molecular formula is C24H21F3N8O2. The Kier molecular flexibility index (Phi) is 5.64. The molecule has 1 aromatic carbocycles. The fourth-order valence-electron chi connectivity index (χ4n) is 4.45. The van der Waals surface area contributed by atoms with Crippen LogP contribution in [0.15, 0.2) is 42.9 Å². The first-order chi connectivity index (χ1) is 17.5. The number of halogens is 3. The number of nitrogen functional groups attached to an aromatic ring is 1. The van der Waals surface area contributed by atoms with E-state index < -0.39 is 18.3 Å². The molecule has 2 N–H and O–H groups in total. The molecule has 0 aliphatic carbocycles. The van der Waals surface area contributed by atoms with Gasteiger partial charge in [-0.3, -0.25) is 9.48 Å². The summed E-state index contributed by atoms with van der Waals surface area (Å²) >= 11 is 0. The van der Waals surface area contributed by atoms with Crippen LogP contribution in [0.3, 0.4) is 0 Å². The van der Waals surface area contributed by atoms with E-state index in [-0.39, 0.29) is 29.5 Å². The summed E-state index contributed by atoms with van der Waals surface area (Å²) in [5.41, 5.74) is 7.63. The molecule has 0 atom stereocenters. The third-order valence-electron chi connectivity index (χ3n) is 6.15. The largest absolute Gasteiger partial charge is 0.408 e. The van der Waals surface area contributed by atoms with Gasteiger partial charge < -0.3 is 15.4 Å². The Hall–Kier alpha value is -4.44. The number of rotatable bonds is 4. The number of ether oxygens (including phenoxy) is 1. The van der Waals surface area contributed by atoms with Crippen molar-refractivity contribution < 1.29 is 22.7 Å². The van der Waals surface area contributed by atoms with Crippen LogP contribution in [0.5, 0.6) is 0 Å². The van der Waals surface area contributed by atoms with Gasteiger partial charge in [0.05, 0.1) is 29.2 Å². The molecule has 0 radical (unpaired) electrons. The van der Waals surface area contributed by atoms with Crippen molar-refractivity contribution in [2.75, 3.05) is 23.8 Å². The molecule has 1 saturated heterocycles. The van der Waals surface area contributed by atoms with Gasteiger partial charge >= 0.3 is 6.18 Å². The number of carbonyl (C=O) groups is 1. The Morgan fingerprint density at radius 1 is 1.19 bits per heavy atom. The number of fused-ring (bicyclic) bond motifs is 1. The van der Waals surface area contributed by atoms with Crippen molar-refractivity contribution in [2.45, 2.75) is 32.2 Å². The minimum Gasteiger partial charge on any atom is -0.382 e. The second kappa shape index (κ2) is 8.59. The van der Waals surface area contributed by atoms with Gasteiger partial charge in [0.1, 0.15) is 30.1 Å². The molecule has 1 fully saturated rings. The molecule has 3 aromatic heterocycles. The minimum atomic E-state index is -4.48. The van der Waals surface area contributed by atoms with Crippen LogP contribution in [-0.4, -0.2) is 55.2 Å². The monoisotopic (exact) mass is 510 g/mol. The van der Waals surface area contributed by atoms with Gasteiger partial charge in [-0.2, -0.15) is 28.6 Å². The molecular weight excluding hydrogens is 489 g/mol. The number of nitrogens with zero attached hydrogens (tertiary/aromatic N) is 7. The summed E-state index contributed by atoms with van der Waals surface area (Å²) in [6, 6.07) is 10.1. The molecule has 5 rings (SSSR count). The lowest BCUT2D eigenvalue weighted by atomic mass is 10.0. The second-order valence-corrected chi connectivity index (χ2v) is 9.00. The highest BCUT2D eigenvalue weighted by Gasteiger charge is 2.38. The van der Waals surface area contributed by atoms with E-state index in [0.29, 0.717) is 34.6 Å². The molecule has 37 heavy (non-hydrogen) atoms. The Balaban J connectivity index is 1.69. The highest BCUT2D eigenvalue weighted by atomic mass is 19.4. The number of nitrogens with two attached hydrogens (primary N) is 1. The maximum Gasteiger partial charge on any atom is 0.408 e. The first kappa shape index (κ1) is 24.3. The number of aromatic nitrogens is 5. The number of hydrogen-bond donors (Lipinski definition) is 1. The lowest BCUT2D eigenvalue weighted by Gasteiger charge is -2.37. The highest BCUT2D eigenvalue weighted by Crippen LogP contribution is 2.37. The number of alkyl halides is 3. The minimum absolute atomic E-state index is 0.0648. The molecule has 1 aliphatic rings. The van der Waals surface area contributed by atoms with E-state index in [4.69, 9.17) is 10.5 Å². The first-order valence-corrected chi connectivity index (χ1v) is 11.2. The number of amides is 1. The fourth-order valence-corrected chi connectivity index (χ4v) is 4.45. The molecule has 10 nitrogen and oxygen atoms in total. The lowest BCUT2D eigenvalue weighted by molar-refractivity contribution is -0.144. The maximum atomic E-state index is 13.2. The predicted molar refractivity (Wildman–Crippen MR) is 127 cm³/mol. The van der Waals surface area contributed by atoms with Gasteiger partial charge in [-0.15, -0.1) is 0 Å². The summed E-state index contributed by atoms with van der Waals surface area (Å²) in [5, 5.41) is 17.8. The first-order valence-electron chi connectivity index (χ1n) is 11.2. The summed E-state index contributed by atoms with van der Waals surface area (Å²) in [6.45, 7) is 2.58. The van der Waals surface area contributed by atoms with Gasteiger partial charge in [0.2, 0.25) is 0 Å². The quantitative estimate of drug-likeness (QED) is 0.446. The number of anilines is 2. The third-order valence-corrected chi connectivity index (χ3v) is 6.15. The van der Waals surface area contributed by atoms with E-state index in [1.54, 1.807) is 38.1 Å². The van der Waals surface area contributed by atoms with Crippen LogP contribution in [0, 0.1) is 11.3 Å². The summed E-state index contributed by atoms with van der Waals surface area (Å²) in [6.07, 6.45) is -1.97. The summed E-state index contributed by atoms with van der Waals surface area (Å²) in [4.78, 5) is 18.6. The summed E-state index contributed by atoms with van der Waals surface area (Å²) in [5.74, 6) is -0.231. The summed E-state index contributed by atoms with van der Waals surface area (Å²) in [7, 11) is 0. The van der Waals surface area contributed by atoms with E-state index in [2.05, 4.69) is 21.3 Å². The Morgan fingerprint density at radius 3 is 2.70 bits per heavy atom. The maximum absolute atomic E-state index is 13.2. The van der Waals surface area contributed by atoms with Crippen LogP contribution < -0.4 is 10.6 Å². The van der Waals surface area contributed by atoms with Crippen molar-refractivity contribution in [3.05, 3.63) is 48.4 Å². The Morgan fingerprint density at radius 2 is 1.97 bits per heavy atom. The van der Waals surface area contributed by atoms with E-state index in [9.17, 15) is 23.2 Å². The van der Waals surface area contributed by atoms with E-state index >= 15 is 0 Å². The molecule has 0 bridgehead atoms. The number of morpholine rings is 1. The SMILES string of the molecule is CC1(C)OCCN(c2cc(-c3cc(-c4ccnn4CC(F)(F)F)c4c(N)ncnn34)ccc2C#N)C1=O. The van der Waals surface area contributed by atoms with Crippen molar-refractivity contribution in [3.63, 3.8) is 0 Å². The second-order valence-electron chi connectivity index (χ2n) is 9.00. The van der Waals surface area contributed by atoms with Gasteiger partial charge in [-0.25, -0.2) is 9.50 Å². The van der Waals surface area contributed by atoms with Crippen molar-refractivity contribution in [2.24, 2.45) is 0 Å². The molecule has 0 unspecified atom stereocenters. The van der Waals surface area contributed by atoms with Gasteiger partial charge in [0, 0.05) is 23.9 Å². The van der Waals surface area contributed by atoms with Crippen LogP contribution in [-0.2, 0) is 16.1 Å². The van der Waals surface area contributed by atoms with Crippen LogP contribution >= 0.6 is 0 Å². The van der Waals surface area contributed by atoms with Gasteiger partial charge in [-0.05, 0) is 38.1 Å². The number of benzene rings is 1. The summed E-state index contributed by atoms with van der Waals surface area (Å²) < 4.78 is 47.4. The lowest BCUT2D eigenvalue weighted by Crippen LogP contribution is -2.53. The zero-order chi connectivity index (χ0) is 26.5. The molecule has 1 aliphatic heterocycles. The molecule has 0 spiro atoms. The standard InChI is InChI=1S/C24H21F3N8O2/c1-23(2)22(36)33(7-8-37-23)18-9-14(3-4-15(18)11-28)19-10-16(20-21(29)30-13-32-35(19)20)17-5-6-31-34(17)12-24(25,26)27/h3-6,9-10,13H,7-8,12H2,1-2H3,(H2,29,30,32). The normalized spacial score (nSPS) is 15.8. The van der Waals surface area contributed by atoms with Gasteiger partial charge in [0.15, 0.2) is 5.82 Å². The van der Waals surface area contributed by atoms with E-state index in [0.717, 1.165) is 4.68 Å². The van der Waals surface area contributed by atoms with Crippen molar-refractivity contribution in [3.8, 4) is 28.6 Å². The smallest absolute Gasteiger partial charge is 0.382 e. The van der Waals surface area contributed by atoms with Crippen molar-refractivity contribution >= 4 is 22.9 Å². The topological polar surface area (TPSA) is 127 Å². The zero-order valence-electron chi connectivity index (χ0n) is 19.8. The van der Waals surface area contributed by atoms with E-state index in [1.165, 1.54) is 28.0 Å². The van der Waals surface area contributed by atoms with E-state index in [1.807, 2.05) is 0 Å². The number of nitriles is 1.